The number of carbonyl (C=O) groups excluding carboxylic acids is 2. The average Bonchev–Trinajstić information content (AvgIpc) is 2.92. The summed E-state index contributed by atoms with van der Waals surface area (Å²) < 4.78 is 4.79. The summed E-state index contributed by atoms with van der Waals surface area (Å²) in [5, 5.41) is 3.41. The number of esters is 1. The number of halogens is 2. The Hall–Kier alpha value is -2.05. The zero-order chi connectivity index (χ0) is 16.1. The maximum atomic E-state index is 12.0. The number of benzene rings is 1. The van der Waals surface area contributed by atoms with Crippen LogP contribution >= 0.6 is 23.2 Å². The van der Waals surface area contributed by atoms with Crippen LogP contribution in [-0.2, 0) is 16.0 Å². The normalized spacial score (nSPS) is 10.3. The third kappa shape index (κ3) is 3.99. The predicted molar refractivity (Wildman–Crippen MR) is 83.3 cm³/mol. The van der Waals surface area contributed by atoms with Gasteiger partial charge in [-0.1, -0.05) is 29.3 Å². The highest BCUT2D eigenvalue weighted by Gasteiger charge is 2.14. The largest absolute Gasteiger partial charge is 0.460 e. The Morgan fingerprint density at radius 1 is 1.32 bits per heavy atom. The Morgan fingerprint density at radius 2 is 2.00 bits per heavy atom. The van der Waals surface area contributed by atoms with Crippen molar-refractivity contribution in [3.63, 3.8) is 0 Å². The maximum Gasteiger partial charge on any atom is 0.374 e. The van der Waals surface area contributed by atoms with Crippen LogP contribution < -0.4 is 5.32 Å². The lowest BCUT2D eigenvalue weighted by Gasteiger charge is -2.06. The van der Waals surface area contributed by atoms with Crippen molar-refractivity contribution in [3.05, 3.63) is 45.8 Å². The van der Waals surface area contributed by atoms with Crippen LogP contribution in [-0.4, -0.2) is 28.5 Å². The van der Waals surface area contributed by atoms with E-state index >= 15 is 0 Å². The van der Waals surface area contributed by atoms with E-state index in [2.05, 4.69) is 15.3 Å². The van der Waals surface area contributed by atoms with Gasteiger partial charge in [-0.05, 0) is 24.6 Å². The molecule has 2 aromatic rings. The van der Waals surface area contributed by atoms with E-state index in [9.17, 15) is 9.59 Å². The Kier molecular flexibility index (Phi) is 5.41. The van der Waals surface area contributed by atoms with Gasteiger partial charge in [-0.3, -0.25) is 4.79 Å². The van der Waals surface area contributed by atoms with Crippen molar-refractivity contribution in [2.75, 3.05) is 11.9 Å². The van der Waals surface area contributed by atoms with Crippen molar-refractivity contribution in [2.45, 2.75) is 13.3 Å². The first kappa shape index (κ1) is 16.3. The van der Waals surface area contributed by atoms with Crippen LogP contribution in [0, 0.1) is 0 Å². The second-order valence-electron chi connectivity index (χ2n) is 4.29. The van der Waals surface area contributed by atoms with Crippen molar-refractivity contribution in [1.82, 2.24) is 9.97 Å². The van der Waals surface area contributed by atoms with E-state index in [4.69, 9.17) is 27.9 Å². The zero-order valence-corrected chi connectivity index (χ0v) is 13.2. The highest BCUT2D eigenvalue weighted by Crippen LogP contribution is 2.24. The molecule has 1 aromatic heterocycles. The van der Waals surface area contributed by atoms with E-state index in [1.165, 1.54) is 6.20 Å². The number of rotatable bonds is 5. The van der Waals surface area contributed by atoms with E-state index in [0.717, 1.165) is 0 Å². The summed E-state index contributed by atoms with van der Waals surface area (Å²) in [4.78, 5) is 30.0. The number of amides is 1. The minimum Gasteiger partial charge on any atom is -0.460 e. The second-order valence-corrected chi connectivity index (χ2v) is 5.11. The molecule has 0 spiro atoms. The molecule has 0 fully saturated rings. The number of hydrogen-bond donors (Lipinski definition) is 2. The average molecular weight is 342 g/mol. The smallest absolute Gasteiger partial charge is 0.374 e. The Labute approximate surface area is 136 Å². The third-order valence-corrected chi connectivity index (χ3v) is 3.43. The van der Waals surface area contributed by atoms with Crippen LogP contribution in [0.4, 0.5) is 5.82 Å². The van der Waals surface area contributed by atoms with Crippen LogP contribution in [0.2, 0.25) is 10.0 Å². The monoisotopic (exact) mass is 341 g/mol. The molecule has 0 aliphatic heterocycles. The summed E-state index contributed by atoms with van der Waals surface area (Å²) in [5.41, 5.74) is 0.536. The van der Waals surface area contributed by atoms with Gasteiger partial charge < -0.3 is 15.0 Å². The number of ether oxygens (including phenoxy) is 1. The molecule has 0 saturated heterocycles. The topological polar surface area (TPSA) is 84.1 Å². The lowest BCUT2D eigenvalue weighted by molar-refractivity contribution is -0.115. The zero-order valence-electron chi connectivity index (χ0n) is 11.7. The van der Waals surface area contributed by atoms with Crippen LogP contribution in [0.3, 0.4) is 0 Å². The molecule has 0 aliphatic rings. The number of imidazole rings is 1. The van der Waals surface area contributed by atoms with Gasteiger partial charge in [-0.25, -0.2) is 9.78 Å². The van der Waals surface area contributed by atoms with Gasteiger partial charge in [0.1, 0.15) is 5.82 Å². The number of hydrogen-bond acceptors (Lipinski definition) is 4. The summed E-state index contributed by atoms with van der Waals surface area (Å²) in [6.07, 6.45) is 1.34. The molecule has 6 nitrogen and oxygen atoms in total. The molecule has 0 bridgehead atoms. The molecule has 8 heteroatoms. The molecule has 2 rings (SSSR count). The lowest BCUT2D eigenvalue weighted by Crippen LogP contribution is -2.15. The lowest BCUT2D eigenvalue weighted by atomic mass is 10.1. The van der Waals surface area contributed by atoms with Crippen LogP contribution in [0.1, 0.15) is 23.1 Å². The van der Waals surface area contributed by atoms with Crippen LogP contribution in [0.5, 0.6) is 0 Å². The fourth-order valence-electron chi connectivity index (χ4n) is 1.74. The molecular formula is C14H13Cl2N3O3. The molecule has 0 aliphatic carbocycles. The van der Waals surface area contributed by atoms with Gasteiger partial charge >= 0.3 is 5.97 Å². The van der Waals surface area contributed by atoms with Crippen LogP contribution in [0.15, 0.2) is 24.4 Å². The van der Waals surface area contributed by atoms with E-state index in [1.54, 1.807) is 25.1 Å². The number of nitrogens with one attached hydrogen (secondary N) is 2. The first-order valence-electron chi connectivity index (χ1n) is 6.46. The van der Waals surface area contributed by atoms with Crippen molar-refractivity contribution < 1.29 is 14.3 Å². The number of carbonyl (C=O) groups is 2. The van der Waals surface area contributed by atoms with Crippen molar-refractivity contribution in [1.29, 1.82) is 0 Å². The van der Waals surface area contributed by atoms with E-state index in [-0.39, 0.29) is 30.6 Å². The highest BCUT2D eigenvalue weighted by molar-refractivity contribution is 6.36. The maximum absolute atomic E-state index is 12.0. The summed E-state index contributed by atoms with van der Waals surface area (Å²) in [5.74, 6) is -0.615. The fraction of sp³-hybridized carbons (Fsp3) is 0.214. The first-order chi connectivity index (χ1) is 10.5. The molecule has 0 atom stereocenters. The minimum atomic E-state index is -0.586. The highest BCUT2D eigenvalue weighted by atomic mass is 35.5. The summed E-state index contributed by atoms with van der Waals surface area (Å²) in [6.45, 7) is 1.93. The molecule has 1 heterocycles. The summed E-state index contributed by atoms with van der Waals surface area (Å²) in [7, 11) is 0. The molecule has 116 valence electrons. The Morgan fingerprint density at radius 3 is 2.64 bits per heavy atom. The molecule has 0 unspecified atom stereocenters. The van der Waals surface area contributed by atoms with Crippen molar-refractivity contribution in [3.8, 4) is 0 Å². The number of H-pyrrole nitrogens is 1. The van der Waals surface area contributed by atoms with E-state index in [1.807, 2.05) is 0 Å². The van der Waals surface area contributed by atoms with Gasteiger partial charge in [-0.2, -0.15) is 0 Å². The molecule has 1 amide bonds. The molecule has 1 aromatic carbocycles. The number of anilines is 1. The standard InChI is InChI=1S/C14H13Cl2N3O3/c1-2-22-14(21)13-17-7-11(19-13)18-12(20)6-8-9(15)4-3-5-10(8)16/h3-5,7H,2,6H2,1H3,(H,17,19)(H,18,20). The van der Waals surface area contributed by atoms with Gasteiger partial charge in [0.15, 0.2) is 0 Å². The van der Waals surface area contributed by atoms with Crippen molar-refractivity contribution in [2.24, 2.45) is 0 Å². The molecule has 22 heavy (non-hydrogen) atoms. The predicted octanol–water partition coefficient (Wildman–Crippen LogP) is 3.07. The van der Waals surface area contributed by atoms with Gasteiger partial charge in [-0.15, -0.1) is 0 Å². The quantitative estimate of drug-likeness (QED) is 0.818. The van der Waals surface area contributed by atoms with Gasteiger partial charge in [0.05, 0.1) is 19.2 Å². The molecular weight excluding hydrogens is 329 g/mol. The number of nitrogens with zero attached hydrogens (tertiary/aromatic N) is 1. The summed E-state index contributed by atoms with van der Waals surface area (Å²) >= 11 is 12.0. The first-order valence-corrected chi connectivity index (χ1v) is 7.21. The summed E-state index contributed by atoms with van der Waals surface area (Å²) in [6, 6.07) is 5.02. The van der Waals surface area contributed by atoms with E-state index in [0.29, 0.717) is 15.6 Å². The molecule has 2 N–H and O–H groups in total. The number of aromatic nitrogens is 2. The second kappa shape index (κ2) is 7.29. The van der Waals surface area contributed by atoms with E-state index < -0.39 is 5.97 Å². The van der Waals surface area contributed by atoms with Gasteiger partial charge in [0.2, 0.25) is 11.7 Å². The van der Waals surface area contributed by atoms with Gasteiger partial charge in [0, 0.05) is 10.0 Å². The van der Waals surface area contributed by atoms with Crippen molar-refractivity contribution >= 4 is 40.9 Å². The fourth-order valence-corrected chi connectivity index (χ4v) is 2.28. The molecule has 0 radical (unpaired) electrons. The minimum absolute atomic E-state index is 0.00622. The SMILES string of the molecule is CCOC(=O)c1ncc(NC(=O)Cc2c(Cl)cccc2Cl)[nH]1. The number of aromatic amines is 1. The third-order valence-electron chi connectivity index (χ3n) is 2.72. The molecule has 0 saturated carbocycles. The Balaban J connectivity index is 2.02. The van der Waals surface area contributed by atoms with Crippen LogP contribution in [0.25, 0.3) is 0 Å². The van der Waals surface area contributed by atoms with Gasteiger partial charge in [0.25, 0.3) is 0 Å². The Bertz CT molecular complexity index is 680.